The molecule has 0 aliphatic rings. The van der Waals surface area contributed by atoms with Crippen LogP contribution in [-0.4, -0.2) is 17.3 Å². The maximum atomic E-state index is 5.46. The maximum Gasteiger partial charge on any atom is 0.213 e. The molecule has 0 spiro atoms. The number of rotatable bonds is 5. The molecule has 0 saturated carbocycles. The Balaban J connectivity index is 1.90. The van der Waals surface area contributed by atoms with E-state index in [1.807, 2.05) is 19.1 Å². The van der Waals surface area contributed by atoms with E-state index < -0.39 is 0 Å². The molecule has 0 bridgehead atoms. The van der Waals surface area contributed by atoms with Crippen LogP contribution in [0.3, 0.4) is 0 Å². The van der Waals surface area contributed by atoms with Gasteiger partial charge in [0.25, 0.3) is 0 Å². The first kappa shape index (κ1) is 11.6. The smallest absolute Gasteiger partial charge is 0.213 e. The summed E-state index contributed by atoms with van der Waals surface area (Å²) in [6.07, 6.45) is 1.76. The number of aryl methyl sites for hydroxylation is 1. The molecule has 0 fully saturated rings. The molecule has 5 heteroatoms. The van der Waals surface area contributed by atoms with Gasteiger partial charge in [-0.05, 0) is 12.5 Å². The maximum absolute atomic E-state index is 5.46. The molecule has 0 aliphatic carbocycles. The van der Waals surface area contributed by atoms with Gasteiger partial charge >= 0.3 is 0 Å². The molecule has 0 atom stereocenters. The summed E-state index contributed by atoms with van der Waals surface area (Å²) in [4.78, 5) is 4.13. The number of hydrogen-bond donors (Lipinski definition) is 0. The Labute approximate surface area is 99.4 Å². The number of methoxy groups -OCH3 is 1. The molecule has 2 heterocycles. The summed E-state index contributed by atoms with van der Waals surface area (Å²) < 4.78 is 15.4. The van der Waals surface area contributed by atoms with Crippen molar-refractivity contribution < 1.29 is 14.0 Å². The summed E-state index contributed by atoms with van der Waals surface area (Å²) in [5.41, 5.74) is 1.82. The van der Waals surface area contributed by atoms with Crippen molar-refractivity contribution in [2.24, 2.45) is 0 Å². The molecule has 0 unspecified atom stereocenters. The quantitative estimate of drug-likeness (QED) is 0.793. The van der Waals surface area contributed by atoms with Gasteiger partial charge in [0, 0.05) is 25.4 Å². The monoisotopic (exact) mass is 234 g/mol. The SMILES string of the molecule is COCc1cc(COc2ccc(C)cn2)no1. The van der Waals surface area contributed by atoms with Gasteiger partial charge in [-0.1, -0.05) is 11.2 Å². The largest absolute Gasteiger partial charge is 0.471 e. The first-order chi connectivity index (χ1) is 8.28. The Kier molecular flexibility index (Phi) is 3.72. The number of aromatic nitrogens is 2. The predicted molar refractivity (Wildman–Crippen MR) is 60.5 cm³/mol. The van der Waals surface area contributed by atoms with Crippen molar-refractivity contribution in [3.05, 3.63) is 41.4 Å². The van der Waals surface area contributed by atoms with E-state index in [2.05, 4.69) is 10.1 Å². The topological polar surface area (TPSA) is 57.4 Å². The molecular weight excluding hydrogens is 220 g/mol. The Morgan fingerprint density at radius 1 is 1.29 bits per heavy atom. The lowest BCUT2D eigenvalue weighted by molar-refractivity contribution is 0.155. The van der Waals surface area contributed by atoms with Crippen LogP contribution in [0, 0.1) is 6.92 Å². The second-order valence-electron chi connectivity index (χ2n) is 3.68. The lowest BCUT2D eigenvalue weighted by Crippen LogP contribution is -1.97. The molecule has 0 aliphatic heterocycles. The van der Waals surface area contributed by atoms with E-state index in [9.17, 15) is 0 Å². The van der Waals surface area contributed by atoms with Gasteiger partial charge in [-0.2, -0.15) is 0 Å². The summed E-state index contributed by atoms with van der Waals surface area (Å²) in [5.74, 6) is 1.26. The van der Waals surface area contributed by atoms with E-state index in [0.717, 1.165) is 11.3 Å². The Hall–Kier alpha value is -1.88. The molecule has 0 N–H and O–H groups in total. The molecule has 2 aromatic rings. The van der Waals surface area contributed by atoms with E-state index in [-0.39, 0.29) is 0 Å². The normalized spacial score (nSPS) is 10.5. The van der Waals surface area contributed by atoms with E-state index in [0.29, 0.717) is 24.9 Å². The van der Waals surface area contributed by atoms with Crippen LogP contribution in [0.15, 0.2) is 28.9 Å². The zero-order valence-corrected chi connectivity index (χ0v) is 9.84. The van der Waals surface area contributed by atoms with Crippen LogP contribution < -0.4 is 4.74 Å². The molecule has 0 amide bonds. The zero-order chi connectivity index (χ0) is 12.1. The van der Waals surface area contributed by atoms with Gasteiger partial charge < -0.3 is 14.0 Å². The van der Waals surface area contributed by atoms with Crippen molar-refractivity contribution in [2.45, 2.75) is 20.1 Å². The van der Waals surface area contributed by atoms with Crippen molar-refractivity contribution in [2.75, 3.05) is 7.11 Å². The van der Waals surface area contributed by atoms with Crippen molar-refractivity contribution in [1.82, 2.24) is 10.1 Å². The highest BCUT2D eigenvalue weighted by Gasteiger charge is 2.04. The lowest BCUT2D eigenvalue weighted by Gasteiger charge is -2.01. The highest BCUT2D eigenvalue weighted by atomic mass is 16.5. The standard InChI is InChI=1S/C12H14N2O3/c1-9-3-4-12(13-6-9)16-7-10-5-11(8-15-2)17-14-10/h3-6H,7-8H2,1-2H3. The third-order valence-corrected chi connectivity index (χ3v) is 2.15. The van der Waals surface area contributed by atoms with Crippen LogP contribution in [0.5, 0.6) is 5.88 Å². The van der Waals surface area contributed by atoms with E-state index in [1.165, 1.54) is 0 Å². The van der Waals surface area contributed by atoms with Crippen LogP contribution in [0.25, 0.3) is 0 Å². The molecular formula is C12H14N2O3. The van der Waals surface area contributed by atoms with Crippen molar-refractivity contribution in [1.29, 1.82) is 0 Å². The summed E-state index contributed by atoms with van der Waals surface area (Å²) in [5, 5.41) is 3.86. The Morgan fingerprint density at radius 2 is 2.18 bits per heavy atom. The molecule has 5 nitrogen and oxygen atoms in total. The molecule has 0 aromatic carbocycles. The minimum atomic E-state index is 0.337. The van der Waals surface area contributed by atoms with Crippen LogP contribution in [0.1, 0.15) is 17.0 Å². The Morgan fingerprint density at radius 3 is 2.88 bits per heavy atom. The molecule has 0 saturated heterocycles. The average Bonchev–Trinajstić information content (AvgIpc) is 2.77. The van der Waals surface area contributed by atoms with Crippen molar-refractivity contribution in [3.63, 3.8) is 0 Å². The van der Waals surface area contributed by atoms with Crippen LogP contribution in [0.2, 0.25) is 0 Å². The van der Waals surface area contributed by atoms with Gasteiger partial charge in [0.05, 0.1) is 0 Å². The van der Waals surface area contributed by atoms with Crippen LogP contribution in [0.4, 0.5) is 0 Å². The van der Waals surface area contributed by atoms with Crippen molar-refractivity contribution >= 4 is 0 Å². The molecule has 0 radical (unpaired) electrons. The summed E-state index contributed by atoms with van der Waals surface area (Å²) in [6.45, 7) is 2.73. The minimum absolute atomic E-state index is 0.337. The zero-order valence-electron chi connectivity index (χ0n) is 9.84. The fraction of sp³-hybridized carbons (Fsp3) is 0.333. The summed E-state index contributed by atoms with van der Waals surface area (Å²) in [7, 11) is 1.61. The average molecular weight is 234 g/mol. The molecule has 17 heavy (non-hydrogen) atoms. The third-order valence-electron chi connectivity index (χ3n) is 2.15. The van der Waals surface area contributed by atoms with E-state index >= 15 is 0 Å². The molecule has 90 valence electrons. The summed E-state index contributed by atoms with van der Waals surface area (Å²) >= 11 is 0. The fourth-order valence-electron chi connectivity index (χ4n) is 1.32. The van der Waals surface area contributed by atoms with E-state index in [1.54, 1.807) is 19.4 Å². The summed E-state index contributed by atoms with van der Waals surface area (Å²) in [6, 6.07) is 5.57. The third kappa shape index (κ3) is 3.29. The number of nitrogens with zero attached hydrogens (tertiary/aromatic N) is 2. The highest BCUT2D eigenvalue weighted by molar-refractivity contribution is 5.16. The lowest BCUT2D eigenvalue weighted by atomic mass is 10.3. The van der Waals surface area contributed by atoms with Crippen LogP contribution >= 0.6 is 0 Å². The van der Waals surface area contributed by atoms with Gasteiger partial charge in [0.15, 0.2) is 5.76 Å². The number of pyridine rings is 1. The van der Waals surface area contributed by atoms with Gasteiger partial charge in [0.1, 0.15) is 18.9 Å². The highest BCUT2D eigenvalue weighted by Crippen LogP contribution is 2.10. The second kappa shape index (κ2) is 5.45. The van der Waals surface area contributed by atoms with Gasteiger partial charge in [-0.15, -0.1) is 0 Å². The molecule has 2 aromatic heterocycles. The second-order valence-corrected chi connectivity index (χ2v) is 3.68. The van der Waals surface area contributed by atoms with E-state index in [4.69, 9.17) is 14.0 Å². The van der Waals surface area contributed by atoms with Crippen molar-refractivity contribution in [3.8, 4) is 5.88 Å². The van der Waals surface area contributed by atoms with Gasteiger partial charge in [-0.25, -0.2) is 4.98 Å². The van der Waals surface area contributed by atoms with Crippen LogP contribution in [-0.2, 0) is 18.0 Å². The predicted octanol–water partition coefficient (Wildman–Crippen LogP) is 2.10. The number of hydrogen-bond acceptors (Lipinski definition) is 5. The molecule has 2 rings (SSSR count). The fourth-order valence-corrected chi connectivity index (χ4v) is 1.32. The first-order valence-corrected chi connectivity index (χ1v) is 5.27. The first-order valence-electron chi connectivity index (χ1n) is 5.27. The minimum Gasteiger partial charge on any atom is -0.471 e. The van der Waals surface area contributed by atoms with Gasteiger partial charge in [0.2, 0.25) is 5.88 Å². The number of ether oxygens (including phenoxy) is 2. The van der Waals surface area contributed by atoms with Gasteiger partial charge in [-0.3, -0.25) is 0 Å². The Bertz CT molecular complexity index is 465.